The fourth-order valence-corrected chi connectivity index (χ4v) is 12.1. The molecule has 6 heteroatoms. The van der Waals surface area contributed by atoms with E-state index in [1.54, 1.807) is 0 Å². The van der Waals surface area contributed by atoms with Crippen molar-refractivity contribution in [3.8, 4) is 51.0 Å². The minimum atomic E-state index is -0.0695. The van der Waals surface area contributed by atoms with E-state index in [-0.39, 0.29) is 6.71 Å². The van der Waals surface area contributed by atoms with E-state index in [0.717, 1.165) is 28.2 Å². The second-order valence-electron chi connectivity index (χ2n) is 18.5. The van der Waals surface area contributed by atoms with Gasteiger partial charge in [0.1, 0.15) is 17.2 Å². The van der Waals surface area contributed by atoms with Gasteiger partial charge in [0.2, 0.25) is 0 Å². The van der Waals surface area contributed by atoms with Crippen molar-refractivity contribution in [3.05, 3.63) is 178 Å². The second kappa shape index (κ2) is 13.1. The number of imidazole rings is 2. The number of benzene rings is 8. The fraction of sp³-hybridized carbons (Fsp3) is 0.138. The monoisotopic (exact) mass is 823 g/mol. The molecule has 13 rings (SSSR count). The first-order valence-electron chi connectivity index (χ1n) is 22.6. The molecule has 8 aromatic carbocycles. The first-order chi connectivity index (χ1) is 31.1. The van der Waals surface area contributed by atoms with Crippen LogP contribution in [-0.4, -0.2) is 30.4 Å². The zero-order chi connectivity index (χ0) is 43.4. The molecule has 2 aliphatic rings. The van der Waals surface area contributed by atoms with Gasteiger partial charge in [-0.05, 0) is 140 Å². The molecule has 5 nitrogen and oxygen atoms in total. The largest absolute Gasteiger partial charge is 0.307 e. The van der Waals surface area contributed by atoms with E-state index in [2.05, 4.69) is 203 Å². The van der Waals surface area contributed by atoms with E-state index in [1.807, 2.05) is 0 Å². The van der Waals surface area contributed by atoms with Gasteiger partial charge in [0.05, 0.1) is 33.3 Å². The lowest BCUT2D eigenvalue weighted by Gasteiger charge is -2.34. The van der Waals surface area contributed by atoms with Gasteiger partial charge in [-0.1, -0.05) is 115 Å². The molecule has 0 bridgehead atoms. The van der Waals surface area contributed by atoms with Gasteiger partial charge in [0.15, 0.2) is 0 Å². The first kappa shape index (κ1) is 37.1. The molecule has 0 aliphatic carbocycles. The molecule has 306 valence electrons. The van der Waals surface area contributed by atoms with Crippen LogP contribution in [-0.2, 0) is 0 Å². The lowest BCUT2D eigenvalue weighted by atomic mass is 9.34. The summed E-state index contributed by atoms with van der Waals surface area (Å²) in [5.74, 6) is 1.97. The third-order valence-corrected chi connectivity index (χ3v) is 14.7. The van der Waals surface area contributed by atoms with Crippen LogP contribution in [0.5, 0.6) is 0 Å². The van der Waals surface area contributed by atoms with Crippen molar-refractivity contribution < 1.29 is 0 Å². The van der Waals surface area contributed by atoms with Crippen LogP contribution in [0, 0.1) is 55.4 Å². The van der Waals surface area contributed by atoms with Crippen LogP contribution in [0.25, 0.3) is 94.8 Å². The Kier molecular flexibility index (Phi) is 7.58. The van der Waals surface area contributed by atoms with Crippen LogP contribution < -0.4 is 16.4 Å². The average Bonchev–Trinajstić information content (AvgIpc) is 3.96. The predicted octanol–water partition coefficient (Wildman–Crippen LogP) is 12.1. The lowest BCUT2D eigenvalue weighted by molar-refractivity contribution is 1.07. The van der Waals surface area contributed by atoms with Gasteiger partial charge in [-0.3, -0.25) is 9.13 Å². The van der Waals surface area contributed by atoms with Crippen molar-refractivity contribution >= 4 is 67.0 Å². The zero-order valence-electron chi connectivity index (χ0n) is 37.5. The Bertz CT molecular complexity index is 3810. The zero-order valence-corrected chi connectivity index (χ0v) is 37.5. The molecule has 0 spiro atoms. The van der Waals surface area contributed by atoms with E-state index in [9.17, 15) is 0 Å². The number of rotatable bonds is 4. The molecular weight excluding hydrogens is 777 g/mol. The van der Waals surface area contributed by atoms with Gasteiger partial charge in [-0.25, -0.2) is 9.97 Å². The van der Waals surface area contributed by atoms with Gasteiger partial charge < -0.3 is 4.57 Å². The standard InChI is InChI=1S/C58H46BN5/c1-31-16-11-17-32(2)47(31)40-28-29-42-55-51(40)60-57(48-33(3)18-12-19-34(48)4)63(55)45-26-15-27-46-50(45)59(42)43-30-41-39-24-9-10-25-44(39)62(53-37(7)22-14-23-38(53)8)54(41)52-56(43)64(46)58(61-52)49-35(5)20-13-21-36(49)6/h9-30H,1-8H3. The van der Waals surface area contributed by atoms with Crippen molar-refractivity contribution in [3.63, 3.8) is 0 Å². The average molecular weight is 824 g/mol. The number of hydrogen-bond acceptors (Lipinski definition) is 2. The van der Waals surface area contributed by atoms with Crippen molar-refractivity contribution in [2.45, 2.75) is 55.4 Å². The second-order valence-corrected chi connectivity index (χ2v) is 18.5. The molecular formula is C58H46BN5. The minimum Gasteiger partial charge on any atom is -0.307 e. The SMILES string of the molecule is Cc1cccc(C)c1-c1ccc2c3c1nc(-c1c(C)cccc1C)n3-c1cccc3c1B2c1cc2c4ccccc4n(-c4c(C)cccc4C)c2c2nc(-c4c(C)cccc4C)n-3c12. The highest BCUT2D eigenvalue weighted by atomic mass is 15.1. The predicted molar refractivity (Wildman–Crippen MR) is 269 cm³/mol. The maximum absolute atomic E-state index is 5.93. The summed E-state index contributed by atoms with van der Waals surface area (Å²) in [7, 11) is 0. The summed E-state index contributed by atoms with van der Waals surface area (Å²) < 4.78 is 7.54. The molecule has 0 atom stereocenters. The smallest absolute Gasteiger partial charge is 0.252 e. The van der Waals surface area contributed by atoms with Gasteiger partial charge in [0, 0.05) is 38.8 Å². The van der Waals surface area contributed by atoms with Crippen LogP contribution in [0.15, 0.2) is 133 Å². The maximum atomic E-state index is 5.93. The molecule has 0 N–H and O–H groups in total. The van der Waals surface area contributed by atoms with E-state index in [1.165, 1.54) is 128 Å². The van der Waals surface area contributed by atoms with E-state index in [4.69, 9.17) is 9.97 Å². The van der Waals surface area contributed by atoms with Gasteiger partial charge in [-0.2, -0.15) is 0 Å². The molecule has 0 radical (unpaired) electrons. The van der Waals surface area contributed by atoms with Crippen LogP contribution in [0.3, 0.4) is 0 Å². The highest BCUT2D eigenvalue weighted by Gasteiger charge is 2.43. The third-order valence-electron chi connectivity index (χ3n) is 14.7. The summed E-state index contributed by atoms with van der Waals surface area (Å²) in [4.78, 5) is 11.7. The summed E-state index contributed by atoms with van der Waals surface area (Å²) in [6, 6.07) is 49.7. The molecule has 0 fully saturated rings. The van der Waals surface area contributed by atoms with Crippen molar-refractivity contribution in [1.82, 2.24) is 23.7 Å². The molecule has 2 aliphatic heterocycles. The Morgan fingerprint density at radius 3 is 1.45 bits per heavy atom. The molecule has 0 unspecified atom stereocenters. The highest BCUT2D eigenvalue weighted by molar-refractivity contribution is 7.00. The van der Waals surface area contributed by atoms with Crippen molar-refractivity contribution in [2.75, 3.05) is 0 Å². The number of nitrogens with zero attached hydrogens (tertiary/aromatic N) is 5. The first-order valence-corrected chi connectivity index (χ1v) is 22.6. The lowest BCUT2D eigenvalue weighted by Crippen LogP contribution is -2.59. The number of hydrogen-bond donors (Lipinski definition) is 0. The summed E-state index contributed by atoms with van der Waals surface area (Å²) in [5, 5.41) is 2.45. The van der Waals surface area contributed by atoms with Crippen LogP contribution >= 0.6 is 0 Å². The van der Waals surface area contributed by atoms with Gasteiger partial charge in [-0.15, -0.1) is 0 Å². The molecule has 64 heavy (non-hydrogen) atoms. The number of aromatic nitrogens is 5. The number of aryl methyl sites for hydroxylation is 8. The van der Waals surface area contributed by atoms with E-state index in [0.29, 0.717) is 0 Å². The number of fused-ring (bicyclic) bond motifs is 8. The molecule has 0 saturated heterocycles. The Balaban J connectivity index is 1.25. The Morgan fingerprint density at radius 2 is 0.875 bits per heavy atom. The van der Waals surface area contributed by atoms with Crippen LogP contribution in [0.4, 0.5) is 0 Å². The Hall–Kier alpha value is -7.44. The van der Waals surface area contributed by atoms with Crippen molar-refractivity contribution in [2.24, 2.45) is 0 Å². The van der Waals surface area contributed by atoms with Crippen LogP contribution in [0.1, 0.15) is 44.5 Å². The van der Waals surface area contributed by atoms with Crippen molar-refractivity contribution in [1.29, 1.82) is 0 Å². The molecule has 5 heterocycles. The van der Waals surface area contributed by atoms with Crippen LogP contribution in [0.2, 0.25) is 0 Å². The number of para-hydroxylation sites is 2. The highest BCUT2D eigenvalue weighted by Crippen LogP contribution is 2.45. The summed E-state index contributed by atoms with van der Waals surface area (Å²) in [5.41, 5.74) is 28.8. The molecule has 0 amide bonds. The Morgan fingerprint density at radius 1 is 0.391 bits per heavy atom. The van der Waals surface area contributed by atoms with E-state index >= 15 is 0 Å². The quantitative estimate of drug-likeness (QED) is 0.166. The minimum absolute atomic E-state index is 0.0695. The normalized spacial score (nSPS) is 12.7. The summed E-state index contributed by atoms with van der Waals surface area (Å²) in [6.45, 7) is 17.8. The van der Waals surface area contributed by atoms with Gasteiger partial charge >= 0.3 is 0 Å². The fourth-order valence-electron chi connectivity index (χ4n) is 12.1. The molecule has 11 aromatic rings. The Labute approximate surface area is 373 Å². The van der Waals surface area contributed by atoms with Gasteiger partial charge in [0.25, 0.3) is 6.71 Å². The summed E-state index contributed by atoms with van der Waals surface area (Å²) in [6.07, 6.45) is 0. The molecule has 0 saturated carbocycles. The topological polar surface area (TPSA) is 40.6 Å². The summed E-state index contributed by atoms with van der Waals surface area (Å²) >= 11 is 0. The third kappa shape index (κ3) is 4.70. The maximum Gasteiger partial charge on any atom is 0.252 e. The molecule has 3 aromatic heterocycles. The van der Waals surface area contributed by atoms with E-state index < -0.39 is 0 Å².